The van der Waals surface area contributed by atoms with Crippen LogP contribution in [0.25, 0.3) is 6.08 Å². The van der Waals surface area contributed by atoms with Gasteiger partial charge in [-0.05, 0) is 60.5 Å². The Labute approximate surface area is 119 Å². The van der Waals surface area contributed by atoms with Crippen molar-refractivity contribution in [2.75, 3.05) is 5.33 Å². The van der Waals surface area contributed by atoms with E-state index in [1.807, 2.05) is 6.08 Å². The standard InChI is InChI=1S/C17H21Br/c1-2-13-5-3-4-6-15(13)17-10-14-9-12(11-18)7-8-16(14)17/h2-6,12,14,16-17H,1,7-11H2. The summed E-state index contributed by atoms with van der Waals surface area (Å²) >= 11 is 3.65. The van der Waals surface area contributed by atoms with Gasteiger partial charge in [0.05, 0.1) is 0 Å². The van der Waals surface area contributed by atoms with Crippen LogP contribution in [0.1, 0.15) is 42.7 Å². The molecule has 2 aliphatic carbocycles. The van der Waals surface area contributed by atoms with Crippen molar-refractivity contribution in [3.8, 4) is 0 Å². The summed E-state index contributed by atoms with van der Waals surface area (Å²) in [5.74, 6) is 3.67. The van der Waals surface area contributed by atoms with E-state index >= 15 is 0 Å². The maximum absolute atomic E-state index is 3.96. The molecule has 96 valence electrons. The van der Waals surface area contributed by atoms with Gasteiger partial charge in [-0.15, -0.1) is 0 Å². The number of hydrogen-bond acceptors (Lipinski definition) is 0. The lowest BCUT2D eigenvalue weighted by atomic mass is 9.55. The van der Waals surface area contributed by atoms with Crippen molar-refractivity contribution < 1.29 is 0 Å². The van der Waals surface area contributed by atoms with Crippen molar-refractivity contribution in [3.05, 3.63) is 42.0 Å². The summed E-state index contributed by atoms with van der Waals surface area (Å²) in [4.78, 5) is 0. The van der Waals surface area contributed by atoms with E-state index in [9.17, 15) is 0 Å². The molecule has 0 N–H and O–H groups in total. The van der Waals surface area contributed by atoms with Gasteiger partial charge in [0.15, 0.2) is 0 Å². The Kier molecular flexibility index (Phi) is 3.61. The highest BCUT2D eigenvalue weighted by molar-refractivity contribution is 9.09. The SMILES string of the molecule is C=Cc1ccccc1C1CC2CC(CBr)CCC21. The Balaban J connectivity index is 1.75. The van der Waals surface area contributed by atoms with Crippen molar-refractivity contribution in [1.82, 2.24) is 0 Å². The van der Waals surface area contributed by atoms with Gasteiger partial charge in [-0.25, -0.2) is 0 Å². The van der Waals surface area contributed by atoms with E-state index in [0.717, 1.165) is 23.7 Å². The molecule has 0 radical (unpaired) electrons. The van der Waals surface area contributed by atoms with Gasteiger partial charge < -0.3 is 0 Å². The molecule has 0 aliphatic heterocycles. The van der Waals surface area contributed by atoms with Crippen LogP contribution in [-0.2, 0) is 0 Å². The van der Waals surface area contributed by atoms with E-state index in [4.69, 9.17) is 0 Å². The minimum Gasteiger partial charge on any atom is -0.0985 e. The minimum atomic E-state index is 0.806. The van der Waals surface area contributed by atoms with Crippen molar-refractivity contribution in [1.29, 1.82) is 0 Å². The second-order valence-corrected chi connectivity index (χ2v) is 6.58. The first-order chi connectivity index (χ1) is 8.83. The number of alkyl halides is 1. The summed E-state index contributed by atoms with van der Waals surface area (Å²) in [7, 11) is 0. The molecular formula is C17H21Br. The first kappa shape index (κ1) is 12.5. The molecule has 4 atom stereocenters. The van der Waals surface area contributed by atoms with Gasteiger partial charge in [0.2, 0.25) is 0 Å². The first-order valence-corrected chi connectivity index (χ1v) is 8.23. The second-order valence-electron chi connectivity index (χ2n) is 5.93. The number of hydrogen-bond donors (Lipinski definition) is 0. The van der Waals surface area contributed by atoms with Gasteiger partial charge in [-0.2, -0.15) is 0 Å². The average molecular weight is 305 g/mol. The van der Waals surface area contributed by atoms with E-state index in [0.29, 0.717) is 0 Å². The molecule has 0 bridgehead atoms. The third-order valence-electron chi connectivity index (χ3n) is 5.06. The van der Waals surface area contributed by atoms with Crippen LogP contribution in [0.15, 0.2) is 30.8 Å². The molecule has 0 spiro atoms. The van der Waals surface area contributed by atoms with Crippen molar-refractivity contribution >= 4 is 22.0 Å². The number of rotatable bonds is 3. The molecule has 0 amide bonds. The lowest BCUT2D eigenvalue weighted by Gasteiger charge is -2.50. The fraction of sp³-hybridized carbons (Fsp3) is 0.529. The van der Waals surface area contributed by atoms with Gasteiger partial charge in [0.25, 0.3) is 0 Å². The highest BCUT2D eigenvalue weighted by Gasteiger charge is 2.44. The summed E-state index contributed by atoms with van der Waals surface area (Å²) < 4.78 is 0. The van der Waals surface area contributed by atoms with E-state index in [2.05, 4.69) is 46.8 Å². The first-order valence-electron chi connectivity index (χ1n) is 7.10. The van der Waals surface area contributed by atoms with E-state index in [1.165, 1.54) is 36.6 Å². The van der Waals surface area contributed by atoms with Gasteiger partial charge in [0, 0.05) is 5.33 Å². The van der Waals surface area contributed by atoms with Crippen molar-refractivity contribution in [2.45, 2.75) is 31.6 Å². The van der Waals surface area contributed by atoms with Crippen LogP contribution in [0.2, 0.25) is 0 Å². The molecule has 1 heteroatoms. The van der Waals surface area contributed by atoms with E-state index < -0.39 is 0 Å². The Bertz CT molecular complexity index is 437. The van der Waals surface area contributed by atoms with Gasteiger partial charge >= 0.3 is 0 Å². The van der Waals surface area contributed by atoms with Crippen LogP contribution in [0, 0.1) is 17.8 Å². The molecule has 18 heavy (non-hydrogen) atoms. The molecular weight excluding hydrogens is 284 g/mol. The predicted molar refractivity (Wildman–Crippen MR) is 82.0 cm³/mol. The Morgan fingerprint density at radius 1 is 1.22 bits per heavy atom. The topological polar surface area (TPSA) is 0 Å². The Hall–Kier alpha value is -0.560. The fourth-order valence-corrected chi connectivity index (χ4v) is 4.61. The maximum Gasteiger partial charge on any atom is 0.00597 e. The molecule has 0 heterocycles. The molecule has 0 nitrogen and oxygen atoms in total. The highest BCUT2D eigenvalue weighted by Crippen LogP contribution is 2.56. The third kappa shape index (κ3) is 2.07. The number of halogens is 1. The zero-order valence-corrected chi connectivity index (χ0v) is 12.4. The molecule has 3 rings (SSSR count). The summed E-state index contributed by atoms with van der Waals surface area (Å²) in [5.41, 5.74) is 2.90. The van der Waals surface area contributed by atoms with E-state index in [1.54, 1.807) is 5.56 Å². The molecule has 2 fully saturated rings. The van der Waals surface area contributed by atoms with Crippen LogP contribution < -0.4 is 0 Å². The molecule has 0 saturated heterocycles. The van der Waals surface area contributed by atoms with Crippen molar-refractivity contribution in [2.24, 2.45) is 17.8 Å². The molecule has 2 saturated carbocycles. The van der Waals surface area contributed by atoms with Gasteiger partial charge in [0.1, 0.15) is 0 Å². The number of fused-ring (bicyclic) bond motifs is 1. The third-order valence-corrected chi connectivity index (χ3v) is 5.97. The maximum atomic E-state index is 3.96. The second kappa shape index (κ2) is 5.21. The van der Waals surface area contributed by atoms with Gasteiger partial charge in [-0.1, -0.05) is 52.9 Å². The summed E-state index contributed by atoms with van der Waals surface area (Å²) in [6.45, 7) is 3.96. The fourth-order valence-electron chi connectivity index (χ4n) is 4.02. The van der Waals surface area contributed by atoms with E-state index in [-0.39, 0.29) is 0 Å². The molecule has 4 unspecified atom stereocenters. The zero-order valence-electron chi connectivity index (χ0n) is 10.8. The van der Waals surface area contributed by atoms with Crippen LogP contribution in [-0.4, -0.2) is 5.33 Å². The quantitative estimate of drug-likeness (QED) is 0.670. The van der Waals surface area contributed by atoms with Crippen LogP contribution >= 0.6 is 15.9 Å². The van der Waals surface area contributed by atoms with Crippen LogP contribution in [0.5, 0.6) is 0 Å². The molecule has 1 aromatic carbocycles. The lowest BCUT2D eigenvalue weighted by molar-refractivity contribution is 0.0562. The Morgan fingerprint density at radius 2 is 2.06 bits per heavy atom. The average Bonchev–Trinajstić information content (AvgIpc) is 2.40. The smallest absolute Gasteiger partial charge is 0.00597 e. The number of benzene rings is 1. The van der Waals surface area contributed by atoms with Crippen molar-refractivity contribution in [3.63, 3.8) is 0 Å². The monoisotopic (exact) mass is 304 g/mol. The lowest BCUT2D eigenvalue weighted by Crippen LogP contribution is -2.40. The zero-order chi connectivity index (χ0) is 12.5. The summed E-state index contributed by atoms with van der Waals surface area (Å²) in [6.07, 6.45) is 7.71. The minimum absolute atomic E-state index is 0.806. The molecule has 2 aliphatic rings. The highest BCUT2D eigenvalue weighted by atomic mass is 79.9. The normalized spacial score (nSPS) is 34.5. The summed E-state index contributed by atoms with van der Waals surface area (Å²) in [6, 6.07) is 8.83. The Morgan fingerprint density at radius 3 is 2.78 bits per heavy atom. The molecule has 1 aromatic rings. The molecule has 0 aromatic heterocycles. The predicted octanol–water partition coefficient (Wildman–Crippen LogP) is 5.24. The summed E-state index contributed by atoms with van der Waals surface area (Å²) in [5, 5.41) is 1.20. The van der Waals surface area contributed by atoms with Gasteiger partial charge in [-0.3, -0.25) is 0 Å². The van der Waals surface area contributed by atoms with Crippen LogP contribution in [0.3, 0.4) is 0 Å². The largest absolute Gasteiger partial charge is 0.0985 e. The van der Waals surface area contributed by atoms with Crippen LogP contribution in [0.4, 0.5) is 0 Å².